The Morgan fingerprint density at radius 3 is 2.29 bits per heavy atom. The fourth-order valence-electron chi connectivity index (χ4n) is 2.10. The summed E-state index contributed by atoms with van der Waals surface area (Å²) in [7, 11) is 0. The highest BCUT2D eigenvalue weighted by molar-refractivity contribution is 6.30. The quantitative estimate of drug-likeness (QED) is 0.802. The van der Waals surface area contributed by atoms with Crippen molar-refractivity contribution >= 4 is 29.2 Å². The molecule has 2 rings (SSSR count). The second kappa shape index (κ2) is 7.97. The summed E-state index contributed by atoms with van der Waals surface area (Å²) < 4.78 is 5.22. The van der Waals surface area contributed by atoms with E-state index in [4.69, 9.17) is 16.3 Å². The van der Waals surface area contributed by atoms with E-state index in [1.807, 2.05) is 12.1 Å². The number of anilines is 1. The highest BCUT2D eigenvalue weighted by Crippen LogP contribution is 2.17. The number of esters is 1. The summed E-state index contributed by atoms with van der Waals surface area (Å²) in [5.74, 6) is -0.555. The van der Waals surface area contributed by atoms with Crippen molar-refractivity contribution in [3.05, 3.63) is 64.7 Å². The van der Waals surface area contributed by atoms with E-state index >= 15 is 0 Å². The number of carbonyl (C=O) groups is 2. The second-order valence-electron chi connectivity index (χ2n) is 5.82. The first kappa shape index (κ1) is 18.0. The van der Waals surface area contributed by atoms with Gasteiger partial charge >= 0.3 is 5.97 Å². The van der Waals surface area contributed by atoms with E-state index in [9.17, 15) is 9.59 Å². The number of ether oxygens (including phenoxy) is 1. The van der Waals surface area contributed by atoms with E-state index in [0.29, 0.717) is 22.2 Å². The predicted octanol–water partition coefficient (Wildman–Crippen LogP) is 4.65. The molecule has 0 aliphatic heterocycles. The molecule has 4 nitrogen and oxygen atoms in total. The number of benzene rings is 2. The minimum absolute atomic E-state index is 0.387. The third-order valence-corrected chi connectivity index (χ3v) is 3.79. The van der Waals surface area contributed by atoms with E-state index < -0.39 is 18.0 Å². The summed E-state index contributed by atoms with van der Waals surface area (Å²) in [5, 5.41) is 3.18. The Hall–Kier alpha value is -2.33. The Balaban J connectivity index is 1.96. The second-order valence-corrected chi connectivity index (χ2v) is 6.26. The van der Waals surface area contributed by atoms with Crippen molar-refractivity contribution in [2.45, 2.75) is 32.8 Å². The fraction of sp³-hybridized carbons (Fsp3) is 0.263. The highest BCUT2D eigenvalue weighted by Gasteiger charge is 2.19. The number of nitrogens with one attached hydrogen (secondary N) is 1. The van der Waals surface area contributed by atoms with Gasteiger partial charge in [0.2, 0.25) is 0 Å². The number of hydrogen-bond donors (Lipinski definition) is 1. The van der Waals surface area contributed by atoms with Crippen LogP contribution in [0.25, 0.3) is 0 Å². The van der Waals surface area contributed by atoms with Crippen LogP contribution >= 0.6 is 11.6 Å². The monoisotopic (exact) mass is 345 g/mol. The van der Waals surface area contributed by atoms with Gasteiger partial charge in [0.15, 0.2) is 6.10 Å². The first-order valence-corrected chi connectivity index (χ1v) is 8.12. The van der Waals surface area contributed by atoms with Crippen LogP contribution in [-0.4, -0.2) is 18.0 Å². The molecular formula is C19H20ClNO3. The predicted molar refractivity (Wildman–Crippen MR) is 95.5 cm³/mol. The van der Waals surface area contributed by atoms with Crippen molar-refractivity contribution in [3.8, 4) is 0 Å². The summed E-state index contributed by atoms with van der Waals surface area (Å²) in [6.45, 7) is 5.69. The van der Waals surface area contributed by atoms with Crippen LogP contribution in [0.5, 0.6) is 0 Å². The largest absolute Gasteiger partial charge is 0.449 e. The van der Waals surface area contributed by atoms with E-state index in [2.05, 4.69) is 19.2 Å². The first-order valence-electron chi connectivity index (χ1n) is 7.74. The van der Waals surface area contributed by atoms with E-state index in [1.54, 1.807) is 36.4 Å². The maximum absolute atomic E-state index is 12.1. The fourth-order valence-corrected chi connectivity index (χ4v) is 2.29. The maximum Gasteiger partial charge on any atom is 0.338 e. The van der Waals surface area contributed by atoms with Gasteiger partial charge < -0.3 is 10.1 Å². The average Bonchev–Trinajstić information content (AvgIpc) is 2.54. The normalized spacial score (nSPS) is 11.9. The lowest BCUT2D eigenvalue weighted by Gasteiger charge is -2.14. The van der Waals surface area contributed by atoms with Crippen molar-refractivity contribution in [2.75, 3.05) is 5.32 Å². The summed E-state index contributed by atoms with van der Waals surface area (Å²) in [6.07, 6.45) is -0.916. The van der Waals surface area contributed by atoms with Crippen LogP contribution < -0.4 is 5.32 Å². The number of hydrogen-bond acceptors (Lipinski definition) is 3. The zero-order chi connectivity index (χ0) is 17.7. The van der Waals surface area contributed by atoms with Crippen molar-refractivity contribution in [1.82, 2.24) is 0 Å². The van der Waals surface area contributed by atoms with E-state index in [0.717, 1.165) is 5.56 Å². The first-order chi connectivity index (χ1) is 11.4. The molecule has 5 heteroatoms. The number of rotatable bonds is 5. The van der Waals surface area contributed by atoms with Gasteiger partial charge in [-0.05, 0) is 48.7 Å². The highest BCUT2D eigenvalue weighted by atomic mass is 35.5. The van der Waals surface area contributed by atoms with Crippen molar-refractivity contribution in [1.29, 1.82) is 0 Å². The van der Waals surface area contributed by atoms with Gasteiger partial charge in [0.05, 0.1) is 5.56 Å². The summed E-state index contributed by atoms with van der Waals surface area (Å²) in [4.78, 5) is 24.2. The smallest absolute Gasteiger partial charge is 0.338 e. The molecule has 1 N–H and O–H groups in total. The lowest BCUT2D eigenvalue weighted by atomic mass is 10.0. The van der Waals surface area contributed by atoms with Gasteiger partial charge in [0, 0.05) is 10.7 Å². The lowest BCUT2D eigenvalue weighted by molar-refractivity contribution is -0.123. The molecule has 0 aliphatic rings. The van der Waals surface area contributed by atoms with Crippen molar-refractivity contribution in [2.24, 2.45) is 0 Å². The molecule has 2 aromatic carbocycles. The van der Waals surface area contributed by atoms with Crippen LogP contribution in [0.2, 0.25) is 5.02 Å². The molecule has 0 spiro atoms. The molecule has 0 heterocycles. The van der Waals surface area contributed by atoms with Crippen LogP contribution in [-0.2, 0) is 9.53 Å². The average molecular weight is 346 g/mol. The Kier molecular flexibility index (Phi) is 5.99. The summed E-state index contributed by atoms with van der Waals surface area (Å²) >= 11 is 5.87. The van der Waals surface area contributed by atoms with Gasteiger partial charge in [-0.25, -0.2) is 4.79 Å². The SMILES string of the molecule is CC(C)c1ccc(C(=O)O[C@@H](C)C(=O)Nc2cccc(Cl)c2)cc1. The third kappa shape index (κ3) is 4.83. The van der Waals surface area contributed by atoms with Gasteiger partial charge in [-0.3, -0.25) is 4.79 Å². The number of amides is 1. The summed E-state index contributed by atoms with van der Waals surface area (Å²) in [5.41, 5.74) is 2.11. The molecule has 0 saturated heterocycles. The van der Waals surface area contributed by atoms with Crippen LogP contribution in [0.3, 0.4) is 0 Å². The molecule has 0 radical (unpaired) electrons. The Morgan fingerprint density at radius 2 is 1.71 bits per heavy atom. The molecule has 0 fully saturated rings. The lowest BCUT2D eigenvalue weighted by Crippen LogP contribution is -2.30. The molecule has 0 aromatic heterocycles. The number of halogens is 1. The molecule has 0 saturated carbocycles. The molecule has 1 amide bonds. The molecular weight excluding hydrogens is 326 g/mol. The van der Waals surface area contributed by atoms with Crippen LogP contribution in [0.4, 0.5) is 5.69 Å². The molecule has 0 aliphatic carbocycles. The van der Waals surface area contributed by atoms with Gasteiger partial charge in [0.1, 0.15) is 0 Å². The Labute approximate surface area is 146 Å². The minimum Gasteiger partial charge on any atom is -0.449 e. The minimum atomic E-state index is -0.916. The standard InChI is InChI=1S/C19H20ClNO3/c1-12(2)14-7-9-15(10-8-14)19(23)24-13(3)18(22)21-17-6-4-5-16(20)11-17/h4-13H,1-3H3,(H,21,22)/t13-/m0/s1. The zero-order valence-electron chi connectivity index (χ0n) is 13.9. The van der Waals surface area contributed by atoms with E-state index in [1.165, 1.54) is 6.92 Å². The van der Waals surface area contributed by atoms with Crippen molar-refractivity contribution < 1.29 is 14.3 Å². The summed E-state index contributed by atoms with van der Waals surface area (Å²) in [6, 6.07) is 14.0. The molecule has 0 bridgehead atoms. The van der Waals surface area contributed by atoms with Gasteiger partial charge in [-0.1, -0.05) is 43.6 Å². The van der Waals surface area contributed by atoms with Gasteiger partial charge in [-0.2, -0.15) is 0 Å². The Morgan fingerprint density at radius 1 is 1.04 bits per heavy atom. The van der Waals surface area contributed by atoms with Gasteiger partial charge in [0.25, 0.3) is 5.91 Å². The number of carbonyl (C=O) groups excluding carboxylic acids is 2. The third-order valence-electron chi connectivity index (χ3n) is 3.56. The van der Waals surface area contributed by atoms with Gasteiger partial charge in [-0.15, -0.1) is 0 Å². The molecule has 24 heavy (non-hydrogen) atoms. The zero-order valence-corrected chi connectivity index (χ0v) is 14.6. The van der Waals surface area contributed by atoms with Crippen LogP contribution in [0.1, 0.15) is 42.6 Å². The van der Waals surface area contributed by atoms with Crippen molar-refractivity contribution in [3.63, 3.8) is 0 Å². The van der Waals surface area contributed by atoms with E-state index in [-0.39, 0.29) is 0 Å². The topological polar surface area (TPSA) is 55.4 Å². The molecule has 1 atom stereocenters. The molecule has 2 aromatic rings. The Bertz CT molecular complexity index is 726. The van der Waals surface area contributed by atoms with Crippen LogP contribution in [0.15, 0.2) is 48.5 Å². The van der Waals surface area contributed by atoms with Crippen LogP contribution in [0, 0.1) is 0 Å². The molecule has 0 unspecified atom stereocenters. The molecule has 126 valence electrons. The maximum atomic E-state index is 12.1.